The molecule has 1 atom stereocenters. The Morgan fingerprint density at radius 3 is 2.85 bits per heavy atom. The van der Waals surface area contributed by atoms with Crippen LogP contribution in [0.2, 0.25) is 0 Å². The normalized spacial score (nSPS) is 23.5. The van der Waals surface area contributed by atoms with Crippen LogP contribution in [0, 0.1) is 6.92 Å². The fraction of sp³-hybridized carbons (Fsp3) is 0.706. The van der Waals surface area contributed by atoms with Crippen molar-refractivity contribution in [3.63, 3.8) is 0 Å². The van der Waals surface area contributed by atoms with Crippen LogP contribution in [0.25, 0.3) is 0 Å². The van der Waals surface area contributed by atoms with Crippen molar-refractivity contribution in [1.29, 1.82) is 0 Å². The molecule has 3 heterocycles. The molecule has 3 fully saturated rings. The van der Waals surface area contributed by atoms with Gasteiger partial charge in [0.05, 0.1) is 12.6 Å². The number of rotatable bonds is 6. The highest BCUT2D eigenvalue weighted by Crippen LogP contribution is 2.38. The van der Waals surface area contributed by atoms with E-state index < -0.39 is 0 Å². The molecule has 9 heteroatoms. The maximum Gasteiger partial charge on any atom is 0.292 e. The van der Waals surface area contributed by atoms with Crippen LogP contribution in [0.5, 0.6) is 0 Å². The highest BCUT2D eigenvalue weighted by Gasteiger charge is 2.35. The molecule has 138 valence electrons. The molecule has 1 saturated heterocycles. The van der Waals surface area contributed by atoms with E-state index >= 15 is 0 Å². The largest absolute Gasteiger partial charge is 0.346 e. The van der Waals surface area contributed by atoms with Crippen LogP contribution >= 0.6 is 0 Å². The summed E-state index contributed by atoms with van der Waals surface area (Å²) in [7, 11) is 0. The van der Waals surface area contributed by atoms with Gasteiger partial charge < -0.3 is 14.4 Å². The van der Waals surface area contributed by atoms with Crippen molar-refractivity contribution in [3.8, 4) is 0 Å². The molecule has 0 radical (unpaired) electrons. The van der Waals surface area contributed by atoms with Gasteiger partial charge in [0.15, 0.2) is 0 Å². The number of carbonyl (C=O) groups excluding carboxylic acids is 1. The highest BCUT2D eigenvalue weighted by atomic mass is 16.5. The summed E-state index contributed by atoms with van der Waals surface area (Å²) in [6, 6.07) is 0.876. The predicted octanol–water partition coefficient (Wildman–Crippen LogP) is 1.53. The van der Waals surface area contributed by atoms with Gasteiger partial charge >= 0.3 is 0 Å². The summed E-state index contributed by atoms with van der Waals surface area (Å²) >= 11 is 0. The Morgan fingerprint density at radius 2 is 2.08 bits per heavy atom. The molecule has 0 unspecified atom stereocenters. The van der Waals surface area contributed by atoms with E-state index in [2.05, 4.69) is 35.1 Å². The first-order chi connectivity index (χ1) is 12.7. The minimum atomic E-state index is -0.240. The second-order valence-electron chi connectivity index (χ2n) is 7.60. The van der Waals surface area contributed by atoms with Crippen molar-refractivity contribution in [3.05, 3.63) is 23.4 Å². The van der Waals surface area contributed by atoms with Gasteiger partial charge in [-0.05, 0) is 52.0 Å². The summed E-state index contributed by atoms with van der Waals surface area (Å²) in [5.74, 6) is 2.41. The smallest absolute Gasteiger partial charge is 0.292 e. The van der Waals surface area contributed by atoms with Crippen molar-refractivity contribution < 1.29 is 9.32 Å². The van der Waals surface area contributed by atoms with Gasteiger partial charge in [-0.2, -0.15) is 4.98 Å². The number of carbonyl (C=O) groups is 1. The second kappa shape index (κ2) is 6.15. The molecule has 0 aromatic carbocycles. The number of nitrogens with one attached hydrogen (secondary N) is 1. The molecular formula is C17H23N7O2. The lowest BCUT2D eigenvalue weighted by Crippen LogP contribution is -2.27. The van der Waals surface area contributed by atoms with Crippen LogP contribution < -0.4 is 5.32 Å². The summed E-state index contributed by atoms with van der Waals surface area (Å²) < 4.78 is 7.69. The van der Waals surface area contributed by atoms with E-state index in [1.165, 1.54) is 12.8 Å². The summed E-state index contributed by atoms with van der Waals surface area (Å²) in [5.41, 5.74) is 0. The van der Waals surface area contributed by atoms with Crippen molar-refractivity contribution in [1.82, 2.24) is 35.1 Å². The lowest BCUT2D eigenvalue weighted by molar-refractivity contribution is 0.0937. The number of amides is 1. The molecular weight excluding hydrogens is 334 g/mol. The number of hydrogen-bond acceptors (Lipinski definition) is 7. The van der Waals surface area contributed by atoms with E-state index in [-0.39, 0.29) is 23.8 Å². The lowest BCUT2D eigenvalue weighted by Gasteiger charge is -2.21. The van der Waals surface area contributed by atoms with Gasteiger partial charge in [0.2, 0.25) is 5.89 Å². The van der Waals surface area contributed by atoms with Gasteiger partial charge in [0.1, 0.15) is 11.6 Å². The maximum atomic E-state index is 12.1. The molecule has 1 N–H and O–H groups in total. The van der Waals surface area contributed by atoms with Crippen molar-refractivity contribution >= 4 is 5.91 Å². The third kappa shape index (κ3) is 3.00. The average Bonchev–Trinajstić information content (AvgIpc) is 3.49. The number of nitrogens with zero attached hydrogens (tertiary/aromatic N) is 6. The van der Waals surface area contributed by atoms with E-state index in [1.807, 2.05) is 6.92 Å². The fourth-order valence-corrected chi connectivity index (χ4v) is 3.75. The molecule has 0 bridgehead atoms. The van der Waals surface area contributed by atoms with Gasteiger partial charge in [-0.1, -0.05) is 5.16 Å². The van der Waals surface area contributed by atoms with Crippen LogP contribution in [-0.2, 0) is 6.54 Å². The minimum absolute atomic E-state index is 0.0367. The zero-order chi connectivity index (χ0) is 17.7. The summed E-state index contributed by atoms with van der Waals surface area (Å²) in [4.78, 5) is 18.8. The fourth-order valence-electron chi connectivity index (χ4n) is 3.75. The Kier molecular flexibility index (Phi) is 3.77. The van der Waals surface area contributed by atoms with Crippen LogP contribution in [-0.4, -0.2) is 48.3 Å². The first-order valence-electron chi connectivity index (χ1n) is 9.48. The van der Waals surface area contributed by atoms with E-state index in [1.54, 1.807) is 0 Å². The Bertz CT molecular complexity index is 821. The molecule has 2 aromatic rings. The molecule has 26 heavy (non-hydrogen) atoms. The van der Waals surface area contributed by atoms with E-state index in [9.17, 15) is 4.79 Å². The molecule has 9 nitrogen and oxygen atoms in total. The molecule has 1 aliphatic heterocycles. The van der Waals surface area contributed by atoms with Gasteiger partial charge in [0, 0.05) is 12.1 Å². The topological polar surface area (TPSA) is 102 Å². The van der Waals surface area contributed by atoms with Gasteiger partial charge in [-0.15, -0.1) is 10.2 Å². The number of likely N-dealkylation sites (tertiary alicyclic amines) is 1. The van der Waals surface area contributed by atoms with Gasteiger partial charge in [-0.3, -0.25) is 9.69 Å². The lowest BCUT2D eigenvalue weighted by atomic mass is 10.2. The predicted molar refractivity (Wildman–Crippen MR) is 90.2 cm³/mol. The van der Waals surface area contributed by atoms with E-state index in [0.29, 0.717) is 18.5 Å². The zero-order valence-electron chi connectivity index (χ0n) is 14.9. The van der Waals surface area contributed by atoms with Crippen LogP contribution in [0.1, 0.15) is 78.8 Å². The summed E-state index contributed by atoms with van der Waals surface area (Å²) in [5, 5.41) is 15.4. The number of hydrogen-bond donors (Lipinski definition) is 1. The summed E-state index contributed by atoms with van der Waals surface area (Å²) in [6.45, 7) is 3.68. The summed E-state index contributed by atoms with van der Waals surface area (Å²) in [6.07, 6.45) is 6.49. The van der Waals surface area contributed by atoms with Crippen LogP contribution in [0.4, 0.5) is 0 Å². The van der Waals surface area contributed by atoms with Crippen LogP contribution in [0.15, 0.2) is 4.52 Å². The van der Waals surface area contributed by atoms with Gasteiger partial charge in [-0.25, -0.2) is 0 Å². The SMILES string of the molecule is Cc1nnc(CN2CCC[C@H]2c2nc(C(=O)NC3CC3)no2)n1C1CC1. The third-order valence-electron chi connectivity index (χ3n) is 5.40. The van der Waals surface area contributed by atoms with Crippen molar-refractivity contribution in [2.45, 2.75) is 70.1 Å². The van der Waals surface area contributed by atoms with Gasteiger partial charge in [0.25, 0.3) is 11.7 Å². The third-order valence-corrected chi connectivity index (χ3v) is 5.40. The molecule has 2 saturated carbocycles. The number of aryl methyl sites for hydroxylation is 1. The Hall–Kier alpha value is -2.29. The second-order valence-corrected chi connectivity index (χ2v) is 7.60. The maximum absolute atomic E-state index is 12.1. The molecule has 5 rings (SSSR count). The number of aromatic nitrogens is 5. The highest BCUT2D eigenvalue weighted by molar-refractivity contribution is 5.90. The van der Waals surface area contributed by atoms with Crippen LogP contribution in [0.3, 0.4) is 0 Å². The molecule has 2 aromatic heterocycles. The first kappa shape index (κ1) is 15.9. The molecule has 1 amide bonds. The zero-order valence-corrected chi connectivity index (χ0v) is 14.9. The average molecular weight is 357 g/mol. The van der Waals surface area contributed by atoms with E-state index in [0.717, 1.165) is 43.9 Å². The monoisotopic (exact) mass is 357 g/mol. The Balaban J connectivity index is 1.31. The van der Waals surface area contributed by atoms with E-state index in [4.69, 9.17) is 4.52 Å². The first-order valence-corrected chi connectivity index (χ1v) is 9.48. The molecule has 3 aliphatic rings. The van der Waals surface area contributed by atoms with Crippen molar-refractivity contribution in [2.24, 2.45) is 0 Å². The molecule has 2 aliphatic carbocycles. The molecule has 0 spiro atoms. The minimum Gasteiger partial charge on any atom is -0.346 e. The van der Waals surface area contributed by atoms with Crippen molar-refractivity contribution in [2.75, 3.05) is 6.54 Å². The Labute approximate surface area is 151 Å². The standard InChI is InChI=1S/C17H23N7O2/c1-10-20-21-14(24(10)12-6-7-12)9-23-8-2-3-13(23)17-19-15(22-26-17)16(25)18-11-4-5-11/h11-13H,2-9H2,1H3,(H,18,25)/t13-/m0/s1. The quantitative estimate of drug-likeness (QED) is 0.836. The Morgan fingerprint density at radius 1 is 1.23 bits per heavy atom.